The fourth-order valence-electron chi connectivity index (χ4n) is 9.52. The highest BCUT2D eigenvalue weighted by atomic mass is 16.3. The molecule has 0 amide bonds. The van der Waals surface area contributed by atoms with Gasteiger partial charge in [0.1, 0.15) is 11.2 Å². The summed E-state index contributed by atoms with van der Waals surface area (Å²) in [6.45, 7) is 0. The smallest absolute Gasteiger partial charge is 0.235 e. The van der Waals surface area contributed by atoms with Crippen molar-refractivity contribution in [3.8, 4) is 34.0 Å². The summed E-state index contributed by atoms with van der Waals surface area (Å²) in [6, 6.07) is 69.1. The molecule has 0 aliphatic rings. The van der Waals surface area contributed by atoms with Gasteiger partial charge in [0.25, 0.3) is 0 Å². The minimum atomic E-state index is 0.633. The maximum Gasteiger partial charge on any atom is 0.235 e. The summed E-state index contributed by atoms with van der Waals surface area (Å²) in [4.78, 5) is 10.8. The highest BCUT2D eigenvalue weighted by molar-refractivity contribution is 6.22. The summed E-state index contributed by atoms with van der Waals surface area (Å²) in [6.07, 6.45) is 0. The molecule has 9 aromatic carbocycles. The molecule has 0 saturated heterocycles. The lowest BCUT2D eigenvalue weighted by Gasteiger charge is -2.14. The maximum absolute atomic E-state index is 6.22. The van der Waals surface area contributed by atoms with E-state index in [0.29, 0.717) is 5.95 Å². The first-order valence-corrected chi connectivity index (χ1v) is 20.0. The van der Waals surface area contributed by atoms with Gasteiger partial charge in [-0.25, -0.2) is 9.97 Å². The molecular formula is C54H32N4O. The minimum Gasteiger partial charge on any atom is -0.456 e. The number of benzene rings is 9. The molecule has 0 fully saturated rings. The van der Waals surface area contributed by atoms with Gasteiger partial charge in [0, 0.05) is 54.3 Å². The Morgan fingerprint density at radius 3 is 1.80 bits per heavy atom. The number of aromatic nitrogens is 4. The van der Waals surface area contributed by atoms with Crippen LogP contribution in [-0.4, -0.2) is 19.1 Å². The molecule has 0 spiro atoms. The first kappa shape index (κ1) is 32.1. The fraction of sp³-hybridized carbons (Fsp3) is 0. The zero-order valence-electron chi connectivity index (χ0n) is 31.7. The largest absolute Gasteiger partial charge is 0.456 e. The van der Waals surface area contributed by atoms with Crippen LogP contribution in [0.5, 0.6) is 0 Å². The second-order valence-corrected chi connectivity index (χ2v) is 15.3. The minimum absolute atomic E-state index is 0.633. The molecule has 0 bridgehead atoms. The first-order valence-electron chi connectivity index (χ1n) is 20.0. The number of rotatable bonds is 4. The average Bonchev–Trinajstić information content (AvgIpc) is 3.96. The third kappa shape index (κ3) is 4.67. The highest BCUT2D eigenvalue weighted by Crippen LogP contribution is 2.43. The average molecular weight is 753 g/mol. The van der Waals surface area contributed by atoms with Crippen LogP contribution >= 0.6 is 0 Å². The van der Waals surface area contributed by atoms with Gasteiger partial charge in [-0.2, -0.15) is 0 Å². The van der Waals surface area contributed by atoms with Crippen molar-refractivity contribution in [3.63, 3.8) is 0 Å². The van der Waals surface area contributed by atoms with Gasteiger partial charge in [-0.15, -0.1) is 0 Å². The van der Waals surface area contributed by atoms with Crippen molar-refractivity contribution in [2.45, 2.75) is 0 Å². The van der Waals surface area contributed by atoms with E-state index < -0.39 is 0 Å². The van der Waals surface area contributed by atoms with Crippen LogP contribution < -0.4 is 0 Å². The molecule has 59 heavy (non-hydrogen) atoms. The number of hydrogen-bond donors (Lipinski definition) is 0. The Labute approximate surface area is 337 Å². The van der Waals surface area contributed by atoms with Gasteiger partial charge in [-0.3, -0.25) is 4.57 Å². The van der Waals surface area contributed by atoms with Crippen LogP contribution in [0.1, 0.15) is 0 Å². The Morgan fingerprint density at radius 1 is 0.356 bits per heavy atom. The van der Waals surface area contributed by atoms with Gasteiger partial charge in [-0.05, 0) is 83.2 Å². The summed E-state index contributed by atoms with van der Waals surface area (Å²) in [5, 5.41) is 10.3. The van der Waals surface area contributed by atoms with Gasteiger partial charge in [0.2, 0.25) is 5.95 Å². The van der Waals surface area contributed by atoms with Crippen molar-refractivity contribution in [3.05, 3.63) is 194 Å². The lowest BCUT2D eigenvalue weighted by Crippen LogP contribution is -2.04. The van der Waals surface area contributed by atoms with Crippen molar-refractivity contribution in [1.29, 1.82) is 0 Å². The summed E-state index contributed by atoms with van der Waals surface area (Å²) in [5.74, 6) is 0.633. The molecule has 0 aliphatic carbocycles. The van der Waals surface area contributed by atoms with Crippen molar-refractivity contribution in [2.75, 3.05) is 0 Å². The Hall–Kier alpha value is -8.02. The van der Waals surface area contributed by atoms with E-state index in [1.807, 2.05) is 12.1 Å². The molecule has 4 heterocycles. The Kier molecular flexibility index (Phi) is 6.66. The standard InChI is InChI=1S/C54H32N4O/c1-2-14-35(15-3-1)57-47-23-11-7-17-37(47)39-28-26-33(31-49(39)57)43-32-45-38-18-8-12-24-48(38)58(53(45)41-20-5-4-16-36(41)43)54-55-46-22-10-6-21-42(46)52(56-54)34-27-29-51-44(30-34)40-19-9-13-25-50(40)59-51/h1-32H. The highest BCUT2D eigenvalue weighted by Gasteiger charge is 2.22. The summed E-state index contributed by atoms with van der Waals surface area (Å²) < 4.78 is 10.9. The van der Waals surface area contributed by atoms with E-state index in [2.05, 4.69) is 191 Å². The molecule has 0 radical (unpaired) electrons. The molecular weight excluding hydrogens is 721 g/mol. The topological polar surface area (TPSA) is 48.8 Å². The Morgan fingerprint density at radius 2 is 0.966 bits per heavy atom. The van der Waals surface area contributed by atoms with E-state index in [4.69, 9.17) is 14.4 Å². The molecule has 0 saturated carbocycles. The van der Waals surface area contributed by atoms with E-state index in [1.165, 1.54) is 38.3 Å². The molecule has 4 aromatic heterocycles. The monoisotopic (exact) mass is 752 g/mol. The Bertz CT molecular complexity index is 3850. The zero-order chi connectivity index (χ0) is 38.6. The van der Waals surface area contributed by atoms with E-state index in [-0.39, 0.29) is 0 Å². The quantitative estimate of drug-likeness (QED) is 0.180. The molecule has 0 aliphatic heterocycles. The lowest BCUT2D eigenvalue weighted by atomic mass is 9.94. The predicted molar refractivity (Wildman–Crippen MR) is 244 cm³/mol. The number of para-hydroxylation sites is 5. The van der Waals surface area contributed by atoms with Gasteiger partial charge in [0.15, 0.2) is 0 Å². The third-order valence-electron chi connectivity index (χ3n) is 12.1. The first-order chi connectivity index (χ1) is 29.3. The number of furan rings is 1. The molecule has 274 valence electrons. The molecule has 13 rings (SSSR count). The van der Waals surface area contributed by atoms with Crippen molar-refractivity contribution < 1.29 is 4.42 Å². The molecule has 5 heteroatoms. The van der Waals surface area contributed by atoms with E-state index >= 15 is 0 Å². The van der Waals surface area contributed by atoms with E-state index in [9.17, 15) is 0 Å². The number of hydrogen-bond acceptors (Lipinski definition) is 3. The second-order valence-electron chi connectivity index (χ2n) is 15.3. The van der Waals surface area contributed by atoms with Gasteiger partial charge < -0.3 is 8.98 Å². The summed E-state index contributed by atoms with van der Waals surface area (Å²) >= 11 is 0. The van der Waals surface area contributed by atoms with Gasteiger partial charge in [-0.1, -0.05) is 127 Å². The molecule has 0 unspecified atom stereocenters. The number of nitrogens with zero attached hydrogens (tertiary/aromatic N) is 4. The fourth-order valence-corrected chi connectivity index (χ4v) is 9.52. The third-order valence-corrected chi connectivity index (χ3v) is 12.1. The van der Waals surface area contributed by atoms with Crippen LogP contribution in [0.4, 0.5) is 0 Å². The molecule has 0 N–H and O–H groups in total. The molecule has 0 atom stereocenters. The number of fused-ring (bicyclic) bond motifs is 12. The van der Waals surface area contributed by atoms with Crippen LogP contribution in [0, 0.1) is 0 Å². The van der Waals surface area contributed by atoms with E-state index in [1.54, 1.807) is 0 Å². The van der Waals surface area contributed by atoms with Crippen molar-refractivity contribution in [1.82, 2.24) is 19.1 Å². The zero-order valence-corrected chi connectivity index (χ0v) is 31.7. The SMILES string of the molecule is c1ccc(-n2c3ccccc3c3ccc(-c4cc5c6ccccc6n(-c6nc(-c7ccc8oc9ccccc9c8c7)c7ccccc7n6)c5c5ccccc45)cc32)cc1. The molecule has 13 aromatic rings. The summed E-state index contributed by atoms with van der Waals surface area (Å²) in [7, 11) is 0. The lowest BCUT2D eigenvalue weighted by molar-refractivity contribution is 0.669. The van der Waals surface area contributed by atoms with Gasteiger partial charge in [0.05, 0.1) is 33.3 Å². The summed E-state index contributed by atoms with van der Waals surface area (Å²) in [5.41, 5.74) is 12.5. The van der Waals surface area contributed by atoms with Gasteiger partial charge >= 0.3 is 0 Å². The van der Waals surface area contributed by atoms with Crippen LogP contribution in [0.15, 0.2) is 199 Å². The second kappa shape index (κ2) is 12.2. The van der Waals surface area contributed by atoms with Crippen LogP contribution in [0.25, 0.3) is 121 Å². The molecule has 5 nitrogen and oxygen atoms in total. The maximum atomic E-state index is 6.22. The van der Waals surface area contributed by atoms with Crippen LogP contribution in [0.3, 0.4) is 0 Å². The normalized spacial score (nSPS) is 12.1. The van der Waals surface area contributed by atoms with Crippen LogP contribution in [-0.2, 0) is 0 Å². The van der Waals surface area contributed by atoms with E-state index in [0.717, 1.165) is 77.0 Å². The predicted octanol–water partition coefficient (Wildman–Crippen LogP) is 14.2. The van der Waals surface area contributed by atoms with Crippen molar-refractivity contribution >= 4 is 87.2 Å². The Balaban J connectivity index is 1.08. The van der Waals surface area contributed by atoms with Crippen LogP contribution in [0.2, 0.25) is 0 Å². The van der Waals surface area contributed by atoms with Crippen molar-refractivity contribution in [2.24, 2.45) is 0 Å².